The van der Waals surface area contributed by atoms with Crippen molar-refractivity contribution in [3.63, 3.8) is 0 Å². The van der Waals surface area contributed by atoms with Gasteiger partial charge in [0.2, 0.25) is 0 Å². The number of aryl methyl sites for hydroxylation is 1. The summed E-state index contributed by atoms with van der Waals surface area (Å²) in [6.07, 6.45) is 1.76. The lowest BCUT2D eigenvalue weighted by Gasteiger charge is -2.20. The predicted molar refractivity (Wildman–Crippen MR) is 61.2 cm³/mol. The maximum absolute atomic E-state index is 12.2. The van der Waals surface area contributed by atoms with Crippen molar-refractivity contribution in [1.29, 1.82) is 0 Å². The Hall–Kier alpha value is -2.38. The second-order valence-corrected chi connectivity index (χ2v) is 4.76. The molecule has 8 nitrogen and oxygen atoms in total. The summed E-state index contributed by atoms with van der Waals surface area (Å²) in [6.45, 7) is 2.21. The third-order valence-corrected chi connectivity index (χ3v) is 3.55. The molecule has 100 valence electrons. The molecule has 19 heavy (non-hydrogen) atoms. The first-order valence-corrected chi connectivity index (χ1v) is 5.86. The fourth-order valence-electron chi connectivity index (χ4n) is 2.47. The number of imide groups is 1. The van der Waals surface area contributed by atoms with E-state index in [-0.39, 0.29) is 18.4 Å². The molecule has 0 bridgehead atoms. The van der Waals surface area contributed by atoms with Gasteiger partial charge in [-0.2, -0.15) is 0 Å². The highest BCUT2D eigenvalue weighted by Gasteiger charge is 2.51. The largest absolute Gasteiger partial charge is 0.361 e. The molecule has 3 rings (SSSR count). The molecular weight excluding hydrogens is 252 g/mol. The van der Waals surface area contributed by atoms with Crippen molar-refractivity contribution in [2.75, 3.05) is 13.1 Å². The van der Waals surface area contributed by atoms with E-state index >= 15 is 0 Å². The van der Waals surface area contributed by atoms with Gasteiger partial charge in [0.05, 0.1) is 12.7 Å². The van der Waals surface area contributed by atoms with Crippen LogP contribution in [0, 0.1) is 6.92 Å². The molecule has 2 fully saturated rings. The molecular formula is C11H12N4O4. The summed E-state index contributed by atoms with van der Waals surface area (Å²) in [4.78, 5) is 36.7. The highest BCUT2D eigenvalue weighted by Crippen LogP contribution is 2.26. The van der Waals surface area contributed by atoms with Gasteiger partial charge in [-0.05, 0) is 13.3 Å². The molecule has 4 amide bonds. The summed E-state index contributed by atoms with van der Waals surface area (Å²) in [7, 11) is 0. The summed E-state index contributed by atoms with van der Waals surface area (Å²) < 4.78 is 4.85. The lowest BCUT2D eigenvalue weighted by Crippen LogP contribution is -2.49. The van der Waals surface area contributed by atoms with Crippen molar-refractivity contribution in [1.82, 2.24) is 20.7 Å². The van der Waals surface area contributed by atoms with Crippen molar-refractivity contribution >= 4 is 17.8 Å². The van der Waals surface area contributed by atoms with Crippen LogP contribution in [0.3, 0.4) is 0 Å². The van der Waals surface area contributed by atoms with Gasteiger partial charge >= 0.3 is 6.03 Å². The zero-order valence-electron chi connectivity index (χ0n) is 10.2. The van der Waals surface area contributed by atoms with Crippen LogP contribution in [0.5, 0.6) is 0 Å². The molecule has 0 saturated carbocycles. The highest BCUT2D eigenvalue weighted by molar-refractivity contribution is 6.08. The molecule has 2 aliphatic rings. The number of carbonyl (C=O) groups excluding carboxylic acids is 3. The number of rotatable bonds is 1. The number of urea groups is 1. The van der Waals surface area contributed by atoms with Crippen LogP contribution in [0.15, 0.2) is 10.7 Å². The normalized spacial score (nSPS) is 25.8. The molecule has 2 aliphatic heterocycles. The Kier molecular flexibility index (Phi) is 2.34. The van der Waals surface area contributed by atoms with E-state index in [1.807, 2.05) is 0 Å². The van der Waals surface area contributed by atoms with Crippen LogP contribution in [0.1, 0.15) is 22.5 Å². The van der Waals surface area contributed by atoms with Gasteiger partial charge in [0.15, 0.2) is 0 Å². The molecule has 1 unspecified atom stereocenters. The van der Waals surface area contributed by atoms with Crippen LogP contribution in [0.2, 0.25) is 0 Å². The second kappa shape index (κ2) is 3.81. The minimum atomic E-state index is -0.988. The predicted octanol–water partition coefficient (Wildman–Crippen LogP) is -0.593. The first kappa shape index (κ1) is 11.7. The quantitative estimate of drug-likeness (QED) is 0.659. The van der Waals surface area contributed by atoms with Gasteiger partial charge in [-0.15, -0.1) is 0 Å². The minimum Gasteiger partial charge on any atom is -0.361 e. The number of nitrogens with one attached hydrogen (secondary N) is 2. The van der Waals surface area contributed by atoms with Gasteiger partial charge in [0.25, 0.3) is 11.8 Å². The zero-order valence-corrected chi connectivity index (χ0v) is 10.2. The molecule has 2 saturated heterocycles. The topological polar surface area (TPSA) is 105 Å². The molecule has 2 N–H and O–H groups in total. The van der Waals surface area contributed by atoms with Crippen molar-refractivity contribution in [2.45, 2.75) is 18.9 Å². The van der Waals surface area contributed by atoms with E-state index in [2.05, 4.69) is 15.8 Å². The third-order valence-electron chi connectivity index (χ3n) is 3.55. The molecule has 3 heterocycles. The Morgan fingerprint density at radius 1 is 1.53 bits per heavy atom. The number of hydrogen-bond donors (Lipinski definition) is 2. The molecule has 1 spiro atoms. The van der Waals surface area contributed by atoms with E-state index in [9.17, 15) is 14.4 Å². The number of nitrogens with zero attached hydrogens (tertiary/aromatic N) is 2. The summed E-state index contributed by atoms with van der Waals surface area (Å²) >= 11 is 0. The Bertz CT molecular complexity index is 581. The van der Waals surface area contributed by atoms with E-state index in [0.29, 0.717) is 24.3 Å². The van der Waals surface area contributed by atoms with Crippen molar-refractivity contribution in [3.05, 3.63) is 17.5 Å². The molecule has 1 aromatic heterocycles. The fraction of sp³-hybridized carbons (Fsp3) is 0.455. The van der Waals surface area contributed by atoms with E-state index < -0.39 is 11.6 Å². The first-order valence-electron chi connectivity index (χ1n) is 5.86. The fourth-order valence-corrected chi connectivity index (χ4v) is 2.47. The number of carbonyl (C=O) groups is 3. The smallest absolute Gasteiger partial charge is 0.322 e. The average molecular weight is 264 g/mol. The van der Waals surface area contributed by atoms with Crippen LogP contribution >= 0.6 is 0 Å². The number of amides is 4. The molecule has 8 heteroatoms. The Morgan fingerprint density at radius 2 is 2.32 bits per heavy atom. The van der Waals surface area contributed by atoms with Crippen LogP contribution < -0.4 is 10.6 Å². The maximum Gasteiger partial charge on any atom is 0.322 e. The van der Waals surface area contributed by atoms with Gasteiger partial charge in [0.1, 0.15) is 16.9 Å². The van der Waals surface area contributed by atoms with E-state index in [1.165, 1.54) is 11.1 Å². The van der Waals surface area contributed by atoms with E-state index in [4.69, 9.17) is 4.52 Å². The Labute approximate surface area is 108 Å². The van der Waals surface area contributed by atoms with Crippen LogP contribution in [-0.4, -0.2) is 46.5 Å². The summed E-state index contributed by atoms with van der Waals surface area (Å²) in [5.41, 5.74) is -0.612. The van der Waals surface area contributed by atoms with Gasteiger partial charge in [-0.25, -0.2) is 4.79 Å². The minimum absolute atomic E-state index is 0.161. The monoisotopic (exact) mass is 264 g/mol. The highest BCUT2D eigenvalue weighted by atomic mass is 16.5. The van der Waals surface area contributed by atoms with Crippen LogP contribution in [0.4, 0.5) is 4.79 Å². The van der Waals surface area contributed by atoms with E-state index in [0.717, 1.165) is 0 Å². The van der Waals surface area contributed by atoms with Crippen molar-refractivity contribution in [2.24, 2.45) is 0 Å². The molecule has 0 aromatic carbocycles. The first-order chi connectivity index (χ1) is 9.02. The molecule has 1 atom stereocenters. The lowest BCUT2D eigenvalue weighted by molar-refractivity contribution is -0.123. The van der Waals surface area contributed by atoms with Crippen LogP contribution in [0.25, 0.3) is 0 Å². The second-order valence-electron chi connectivity index (χ2n) is 4.76. The Balaban J connectivity index is 1.80. The number of aromatic nitrogens is 1. The molecule has 0 aliphatic carbocycles. The zero-order chi connectivity index (χ0) is 13.6. The van der Waals surface area contributed by atoms with Crippen molar-refractivity contribution < 1.29 is 18.9 Å². The van der Waals surface area contributed by atoms with Gasteiger partial charge < -0.3 is 14.7 Å². The summed E-state index contributed by atoms with van der Waals surface area (Å²) in [5.74, 6) is -0.190. The van der Waals surface area contributed by atoms with Gasteiger partial charge in [-0.1, -0.05) is 5.16 Å². The SMILES string of the molecule is Cc1oncc1C(=O)N1CCC2(C1)NC(=O)NC2=O. The van der Waals surface area contributed by atoms with Gasteiger partial charge in [-0.3, -0.25) is 14.9 Å². The number of likely N-dealkylation sites (tertiary alicyclic amines) is 1. The lowest BCUT2D eigenvalue weighted by atomic mass is 9.99. The van der Waals surface area contributed by atoms with Crippen molar-refractivity contribution in [3.8, 4) is 0 Å². The summed E-state index contributed by atoms with van der Waals surface area (Å²) in [5, 5.41) is 8.35. The average Bonchev–Trinajstić information content (AvgIpc) is 3.01. The standard InChI is InChI=1S/C11H12N4O4/c1-6-7(4-12-19-6)8(16)15-3-2-11(5-15)9(17)13-10(18)14-11/h4H,2-3,5H2,1H3,(H2,13,14,17,18). The van der Waals surface area contributed by atoms with Crippen LogP contribution in [-0.2, 0) is 4.79 Å². The van der Waals surface area contributed by atoms with E-state index in [1.54, 1.807) is 6.92 Å². The summed E-state index contributed by atoms with van der Waals surface area (Å²) in [6, 6.07) is -0.513. The Morgan fingerprint density at radius 3 is 2.89 bits per heavy atom. The molecule has 0 radical (unpaired) electrons. The number of hydrogen-bond acceptors (Lipinski definition) is 5. The van der Waals surface area contributed by atoms with Gasteiger partial charge in [0, 0.05) is 6.54 Å². The third kappa shape index (κ3) is 1.67. The maximum atomic E-state index is 12.2. The molecule has 1 aromatic rings.